The predicted octanol–water partition coefficient (Wildman–Crippen LogP) is 4.41. The molecule has 0 aliphatic heterocycles. The largest absolute Gasteiger partial charge is 0.475 e. The SMILES string of the molecule is C[C@@H](Oc1c(F)c(F)cc(F)c1F)C(=O)Nc1ccc(Br)cc1. The van der Waals surface area contributed by atoms with Crippen LogP contribution in [0.2, 0.25) is 0 Å². The van der Waals surface area contributed by atoms with E-state index in [2.05, 4.69) is 21.2 Å². The predicted molar refractivity (Wildman–Crippen MR) is 79.1 cm³/mol. The zero-order chi connectivity index (χ0) is 17.1. The highest BCUT2D eigenvalue weighted by Gasteiger charge is 2.24. The molecular formula is C15H10BrF4NO2. The molecule has 2 aromatic rings. The summed E-state index contributed by atoms with van der Waals surface area (Å²) >= 11 is 3.22. The number of halogens is 5. The summed E-state index contributed by atoms with van der Waals surface area (Å²) in [5.41, 5.74) is 0.417. The Balaban J connectivity index is 2.14. The number of carbonyl (C=O) groups excluding carboxylic acids is 1. The van der Waals surface area contributed by atoms with Crippen LogP contribution in [0, 0.1) is 23.3 Å². The van der Waals surface area contributed by atoms with Gasteiger partial charge in [0.05, 0.1) is 0 Å². The van der Waals surface area contributed by atoms with E-state index in [4.69, 9.17) is 4.74 Å². The highest BCUT2D eigenvalue weighted by Crippen LogP contribution is 2.27. The van der Waals surface area contributed by atoms with Gasteiger partial charge in [-0.05, 0) is 31.2 Å². The van der Waals surface area contributed by atoms with E-state index in [1.165, 1.54) is 6.92 Å². The Kier molecular flexibility index (Phi) is 5.25. The maximum Gasteiger partial charge on any atom is 0.265 e. The lowest BCUT2D eigenvalue weighted by Crippen LogP contribution is -2.31. The van der Waals surface area contributed by atoms with Gasteiger partial charge in [-0.3, -0.25) is 4.79 Å². The average Bonchev–Trinajstić information content (AvgIpc) is 2.51. The van der Waals surface area contributed by atoms with Crippen molar-refractivity contribution in [2.24, 2.45) is 0 Å². The van der Waals surface area contributed by atoms with Gasteiger partial charge in [0.2, 0.25) is 11.6 Å². The maximum atomic E-state index is 13.5. The second-order valence-corrected chi connectivity index (χ2v) is 5.47. The molecule has 0 saturated carbocycles. The van der Waals surface area contributed by atoms with E-state index < -0.39 is 41.0 Å². The van der Waals surface area contributed by atoms with Crippen molar-refractivity contribution in [1.29, 1.82) is 0 Å². The third-order valence-electron chi connectivity index (χ3n) is 2.85. The summed E-state index contributed by atoms with van der Waals surface area (Å²) in [6.07, 6.45) is -1.39. The molecule has 0 aliphatic rings. The Hall–Kier alpha value is -2.09. The summed E-state index contributed by atoms with van der Waals surface area (Å²) in [5, 5.41) is 2.44. The van der Waals surface area contributed by atoms with Crippen molar-refractivity contribution < 1.29 is 27.1 Å². The van der Waals surface area contributed by atoms with Gasteiger partial charge in [0.25, 0.3) is 5.91 Å². The number of hydrogen-bond donors (Lipinski definition) is 1. The molecule has 1 N–H and O–H groups in total. The van der Waals surface area contributed by atoms with Crippen LogP contribution < -0.4 is 10.1 Å². The third-order valence-corrected chi connectivity index (χ3v) is 3.38. The Labute approximate surface area is 137 Å². The second kappa shape index (κ2) is 6.99. The lowest BCUT2D eigenvalue weighted by atomic mass is 10.2. The first kappa shape index (κ1) is 17.3. The quantitative estimate of drug-likeness (QED) is 0.619. The number of anilines is 1. The molecule has 0 spiro atoms. The Morgan fingerprint density at radius 1 is 1.09 bits per heavy atom. The summed E-state index contributed by atoms with van der Waals surface area (Å²) in [7, 11) is 0. The van der Waals surface area contributed by atoms with Gasteiger partial charge in [-0.2, -0.15) is 8.78 Å². The highest BCUT2D eigenvalue weighted by molar-refractivity contribution is 9.10. The molecule has 1 atom stereocenters. The van der Waals surface area contributed by atoms with Gasteiger partial charge in [-0.15, -0.1) is 0 Å². The Morgan fingerprint density at radius 2 is 1.61 bits per heavy atom. The monoisotopic (exact) mass is 391 g/mol. The van der Waals surface area contributed by atoms with E-state index in [1.54, 1.807) is 24.3 Å². The van der Waals surface area contributed by atoms with Gasteiger partial charge < -0.3 is 10.1 Å². The minimum absolute atomic E-state index is 0.0596. The smallest absolute Gasteiger partial charge is 0.265 e. The molecule has 0 aliphatic carbocycles. The van der Waals surface area contributed by atoms with Gasteiger partial charge in [0.1, 0.15) is 0 Å². The zero-order valence-electron chi connectivity index (χ0n) is 11.7. The Bertz CT molecular complexity index is 711. The minimum Gasteiger partial charge on any atom is -0.475 e. The van der Waals surface area contributed by atoms with Crippen LogP contribution in [0.5, 0.6) is 5.75 Å². The fourth-order valence-corrected chi connectivity index (χ4v) is 1.93. The van der Waals surface area contributed by atoms with E-state index in [0.717, 1.165) is 4.47 Å². The van der Waals surface area contributed by atoms with E-state index in [-0.39, 0.29) is 6.07 Å². The van der Waals surface area contributed by atoms with Crippen molar-refractivity contribution in [3.8, 4) is 5.75 Å². The molecule has 0 radical (unpaired) electrons. The third kappa shape index (κ3) is 4.01. The van der Waals surface area contributed by atoms with Crippen LogP contribution in [-0.4, -0.2) is 12.0 Å². The molecule has 0 unspecified atom stereocenters. The molecule has 0 aromatic heterocycles. The summed E-state index contributed by atoms with van der Waals surface area (Å²) in [6, 6.07) is 6.56. The number of hydrogen-bond acceptors (Lipinski definition) is 2. The van der Waals surface area contributed by atoms with Crippen LogP contribution >= 0.6 is 15.9 Å². The highest BCUT2D eigenvalue weighted by atomic mass is 79.9. The lowest BCUT2D eigenvalue weighted by molar-refractivity contribution is -0.122. The molecule has 3 nitrogen and oxygen atoms in total. The maximum absolute atomic E-state index is 13.5. The number of amides is 1. The Morgan fingerprint density at radius 3 is 2.13 bits per heavy atom. The van der Waals surface area contributed by atoms with E-state index in [0.29, 0.717) is 5.69 Å². The normalized spacial score (nSPS) is 11.9. The summed E-state index contributed by atoms with van der Waals surface area (Å²) in [4.78, 5) is 11.9. The van der Waals surface area contributed by atoms with Gasteiger partial charge >= 0.3 is 0 Å². The molecule has 23 heavy (non-hydrogen) atoms. The minimum atomic E-state index is -1.70. The molecule has 122 valence electrons. The molecule has 0 fully saturated rings. The fraction of sp³-hybridized carbons (Fsp3) is 0.133. The van der Waals surface area contributed by atoms with E-state index in [1.807, 2.05) is 0 Å². The van der Waals surface area contributed by atoms with E-state index >= 15 is 0 Å². The molecule has 0 bridgehead atoms. The summed E-state index contributed by atoms with van der Waals surface area (Å²) in [6.45, 7) is 1.19. The van der Waals surface area contributed by atoms with Crippen molar-refractivity contribution >= 4 is 27.5 Å². The fourth-order valence-electron chi connectivity index (χ4n) is 1.66. The first-order chi connectivity index (χ1) is 10.8. The van der Waals surface area contributed by atoms with Crippen LogP contribution in [0.3, 0.4) is 0 Å². The number of carbonyl (C=O) groups is 1. The van der Waals surface area contributed by atoms with Crippen LogP contribution in [0.1, 0.15) is 6.92 Å². The van der Waals surface area contributed by atoms with Crippen molar-refractivity contribution in [3.05, 3.63) is 58.1 Å². The van der Waals surface area contributed by atoms with Gasteiger partial charge in [-0.25, -0.2) is 8.78 Å². The van der Waals surface area contributed by atoms with Crippen LogP contribution in [0.4, 0.5) is 23.2 Å². The molecule has 8 heteroatoms. The number of benzene rings is 2. The number of ether oxygens (including phenoxy) is 1. The molecule has 2 aromatic carbocycles. The summed E-state index contributed by atoms with van der Waals surface area (Å²) in [5.74, 6) is -8.64. The van der Waals surface area contributed by atoms with Crippen molar-refractivity contribution in [1.82, 2.24) is 0 Å². The molecule has 2 rings (SSSR count). The first-order valence-corrected chi connectivity index (χ1v) is 7.15. The molecule has 1 amide bonds. The average molecular weight is 392 g/mol. The lowest BCUT2D eigenvalue weighted by Gasteiger charge is -2.16. The van der Waals surface area contributed by atoms with Crippen molar-refractivity contribution in [2.75, 3.05) is 5.32 Å². The van der Waals surface area contributed by atoms with Crippen LogP contribution in [0.15, 0.2) is 34.8 Å². The standard InChI is InChI=1S/C15H10BrF4NO2/c1-7(15(22)21-9-4-2-8(16)3-5-9)23-14-12(19)10(17)6-11(18)13(14)20/h2-7H,1H3,(H,21,22)/t7-/m1/s1. The zero-order valence-corrected chi connectivity index (χ0v) is 13.3. The van der Waals surface area contributed by atoms with Gasteiger partial charge in [-0.1, -0.05) is 15.9 Å². The summed E-state index contributed by atoms with van der Waals surface area (Å²) < 4.78 is 58.7. The van der Waals surface area contributed by atoms with Gasteiger partial charge in [0.15, 0.2) is 23.5 Å². The second-order valence-electron chi connectivity index (χ2n) is 4.55. The molecular weight excluding hydrogens is 382 g/mol. The van der Waals surface area contributed by atoms with Crippen molar-refractivity contribution in [3.63, 3.8) is 0 Å². The number of rotatable bonds is 4. The van der Waals surface area contributed by atoms with Crippen LogP contribution in [0.25, 0.3) is 0 Å². The van der Waals surface area contributed by atoms with Gasteiger partial charge in [0, 0.05) is 16.2 Å². The van der Waals surface area contributed by atoms with E-state index in [9.17, 15) is 22.4 Å². The first-order valence-electron chi connectivity index (χ1n) is 6.35. The van der Waals surface area contributed by atoms with Crippen molar-refractivity contribution in [2.45, 2.75) is 13.0 Å². The molecule has 0 saturated heterocycles. The number of nitrogens with one attached hydrogen (secondary N) is 1. The topological polar surface area (TPSA) is 38.3 Å². The van der Waals surface area contributed by atoms with Crippen LogP contribution in [-0.2, 0) is 4.79 Å². The molecule has 0 heterocycles.